The molecule has 2 heterocycles. The van der Waals surface area contributed by atoms with Gasteiger partial charge in [0.2, 0.25) is 0 Å². The number of aromatic nitrogens is 3. The van der Waals surface area contributed by atoms with E-state index in [4.69, 9.17) is 11.6 Å². The molecule has 0 aliphatic carbocycles. The molecule has 3 rings (SSSR count). The van der Waals surface area contributed by atoms with Crippen molar-refractivity contribution in [2.45, 2.75) is 6.61 Å². The fourth-order valence-electron chi connectivity index (χ4n) is 1.97. The summed E-state index contributed by atoms with van der Waals surface area (Å²) in [7, 11) is 0. The van der Waals surface area contributed by atoms with Crippen LogP contribution >= 0.6 is 27.5 Å². The lowest BCUT2D eigenvalue weighted by Gasteiger charge is -2.02. The number of benzene rings is 1. The lowest BCUT2D eigenvalue weighted by Crippen LogP contribution is -1.95. The molecule has 0 saturated heterocycles. The van der Waals surface area contributed by atoms with Gasteiger partial charge in [0.15, 0.2) is 5.65 Å². The van der Waals surface area contributed by atoms with Gasteiger partial charge in [-0.25, -0.2) is 9.97 Å². The molecular weight excluding hydrogens is 330 g/mol. The van der Waals surface area contributed by atoms with E-state index >= 15 is 0 Å². The van der Waals surface area contributed by atoms with E-state index in [2.05, 4.69) is 25.9 Å². The first-order valence-electron chi connectivity index (χ1n) is 5.58. The predicted molar refractivity (Wildman–Crippen MR) is 77.1 cm³/mol. The number of imidazole rings is 1. The third kappa shape index (κ3) is 2.25. The van der Waals surface area contributed by atoms with Gasteiger partial charge >= 0.3 is 0 Å². The molecule has 4 nitrogen and oxygen atoms in total. The van der Waals surface area contributed by atoms with Crippen molar-refractivity contribution in [2.24, 2.45) is 0 Å². The molecule has 1 aromatic carbocycles. The van der Waals surface area contributed by atoms with Crippen LogP contribution < -0.4 is 0 Å². The maximum atomic E-state index is 9.59. The van der Waals surface area contributed by atoms with Crippen LogP contribution in [0, 0.1) is 0 Å². The van der Waals surface area contributed by atoms with Crippen molar-refractivity contribution >= 4 is 33.2 Å². The zero-order valence-corrected chi connectivity index (χ0v) is 12.1. The van der Waals surface area contributed by atoms with Crippen LogP contribution in [0.1, 0.15) is 5.69 Å². The standard InChI is InChI=1S/C13H9BrClN3O/c14-11-6-18-10(7-19)13(17-12(18)5-16-11)8-1-3-9(15)4-2-8/h1-6,19H,7H2. The van der Waals surface area contributed by atoms with Gasteiger partial charge in [-0.15, -0.1) is 0 Å². The Bertz CT molecular complexity index is 739. The molecule has 19 heavy (non-hydrogen) atoms. The molecule has 0 unspecified atom stereocenters. The average Bonchev–Trinajstić information content (AvgIpc) is 2.77. The van der Waals surface area contributed by atoms with Crippen LogP contribution in [-0.2, 0) is 6.61 Å². The van der Waals surface area contributed by atoms with E-state index in [9.17, 15) is 5.11 Å². The van der Waals surface area contributed by atoms with Crippen LogP contribution in [0.25, 0.3) is 16.9 Å². The second-order valence-electron chi connectivity index (χ2n) is 4.01. The maximum absolute atomic E-state index is 9.59. The molecule has 0 amide bonds. The second kappa shape index (κ2) is 4.92. The van der Waals surface area contributed by atoms with Crippen LogP contribution in [0.3, 0.4) is 0 Å². The van der Waals surface area contributed by atoms with Gasteiger partial charge < -0.3 is 5.11 Å². The van der Waals surface area contributed by atoms with Crippen molar-refractivity contribution in [1.82, 2.24) is 14.4 Å². The van der Waals surface area contributed by atoms with Crippen molar-refractivity contribution in [3.63, 3.8) is 0 Å². The summed E-state index contributed by atoms with van der Waals surface area (Å²) >= 11 is 9.19. The van der Waals surface area contributed by atoms with Gasteiger partial charge in [-0.05, 0) is 28.1 Å². The molecule has 1 N–H and O–H groups in total. The minimum atomic E-state index is -0.102. The molecule has 6 heteroatoms. The van der Waals surface area contributed by atoms with E-state index in [1.807, 2.05) is 16.5 Å². The number of hydrogen-bond donors (Lipinski definition) is 1. The summed E-state index contributed by atoms with van der Waals surface area (Å²) in [5.41, 5.74) is 3.06. The van der Waals surface area contributed by atoms with Crippen molar-refractivity contribution < 1.29 is 5.11 Å². The van der Waals surface area contributed by atoms with E-state index in [0.29, 0.717) is 15.3 Å². The average molecular weight is 339 g/mol. The van der Waals surface area contributed by atoms with Crippen LogP contribution in [0.4, 0.5) is 0 Å². The summed E-state index contributed by atoms with van der Waals surface area (Å²) in [5.74, 6) is 0. The highest BCUT2D eigenvalue weighted by atomic mass is 79.9. The molecule has 96 valence electrons. The van der Waals surface area contributed by atoms with Gasteiger partial charge in [0.05, 0.1) is 24.2 Å². The predicted octanol–water partition coefficient (Wildman–Crippen LogP) is 3.30. The monoisotopic (exact) mass is 337 g/mol. The Morgan fingerprint density at radius 2 is 2.00 bits per heavy atom. The van der Waals surface area contributed by atoms with E-state index in [1.54, 1.807) is 24.5 Å². The Morgan fingerprint density at radius 3 is 2.68 bits per heavy atom. The maximum Gasteiger partial charge on any atom is 0.156 e. The van der Waals surface area contributed by atoms with Gasteiger partial charge in [0.25, 0.3) is 0 Å². The summed E-state index contributed by atoms with van der Waals surface area (Å²) in [4.78, 5) is 8.64. The summed E-state index contributed by atoms with van der Waals surface area (Å²) in [5, 5.41) is 10.3. The quantitative estimate of drug-likeness (QED) is 0.780. The van der Waals surface area contributed by atoms with Crippen LogP contribution in [0.5, 0.6) is 0 Å². The summed E-state index contributed by atoms with van der Waals surface area (Å²) in [6.45, 7) is -0.102. The van der Waals surface area contributed by atoms with E-state index in [-0.39, 0.29) is 6.61 Å². The van der Waals surface area contributed by atoms with Gasteiger partial charge in [0, 0.05) is 16.8 Å². The molecule has 0 bridgehead atoms. The van der Waals surface area contributed by atoms with Crippen LogP contribution in [0.2, 0.25) is 5.02 Å². The Morgan fingerprint density at radius 1 is 1.26 bits per heavy atom. The minimum Gasteiger partial charge on any atom is -0.390 e. The van der Waals surface area contributed by atoms with Crippen molar-refractivity contribution in [3.05, 3.63) is 52.0 Å². The summed E-state index contributed by atoms with van der Waals surface area (Å²) in [6.07, 6.45) is 3.44. The summed E-state index contributed by atoms with van der Waals surface area (Å²) in [6, 6.07) is 7.37. The van der Waals surface area contributed by atoms with Gasteiger partial charge in [-0.1, -0.05) is 23.7 Å². The molecule has 0 radical (unpaired) electrons. The highest BCUT2D eigenvalue weighted by Crippen LogP contribution is 2.26. The van der Waals surface area contributed by atoms with Gasteiger partial charge in [0.1, 0.15) is 4.60 Å². The number of aliphatic hydroxyl groups excluding tert-OH is 1. The number of halogens is 2. The minimum absolute atomic E-state index is 0.102. The Hall–Kier alpha value is -1.43. The molecular formula is C13H9BrClN3O. The molecule has 0 spiro atoms. The highest BCUT2D eigenvalue weighted by Gasteiger charge is 2.13. The number of hydrogen-bond acceptors (Lipinski definition) is 3. The Kier molecular flexibility index (Phi) is 3.26. The zero-order valence-electron chi connectivity index (χ0n) is 9.72. The van der Waals surface area contributed by atoms with E-state index < -0.39 is 0 Å². The third-order valence-corrected chi connectivity index (χ3v) is 3.51. The van der Waals surface area contributed by atoms with Crippen LogP contribution in [0.15, 0.2) is 41.3 Å². The fraction of sp³-hybridized carbons (Fsp3) is 0.0769. The number of rotatable bonds is 2. The lowest BCUT2D eigenvalue weighted by molar-refractivity contribution is 0.276. The Balaban J connectivity index is 2.25. The Labute approximate surface area is 122 Å². The first-order chi connectivity index (χ1) is 9.19. The molecule has 0 saturated carbocycles. The van der Waals surface area contributed by atoms with Crippen molar-refractivity contribution in [2.75, 3.05) is 0 Å². The summed E-state index contributed by atoms with van der Waals surface area (Å²) < 4.78 is 2.51. The smallest absolute Gasteiger partial charge is 0.156 e. The first-order valence-corrected chi connectivity index (χ1v) is 6.75. The second-order valence-corrected chi connectivity index (χ2v) is 5.26. The third-order valence-electron chi connectivity index (χ3n) is 2.84. The normalized spacial score (nSPS) is 11.1. The number of aliphatic hydroxyl groups is 1. The van der Waals surface area contributed by atoms with E-state index in [0.717, 1.165) is 17.0 Å². The van der Waals surface area contributed by atoms with Crippen molar-refractivity contribution in [1.29, 1.82) is 0 Å². The molecule has 0 atom stereocenters. The SMILES string of the molecule is OCc1c(-c2ccc(Cl)cc2)nc2cnc(Br)cn12. The number of nitrogens with zero attached hydrogens (tertiary/aromatic N) is 3. The van der Waals surface area contributed by atoms with Gasteiger partial charge in [-0.2, -0.15) is 0 Å². The highest BCUT2D eigenvalue weighted by molar-refractivity contribution is 9.10. The fourth-order valence-corrected chi connectivity index (χ4v) is 2.40. The molecule has 0 aliphatic rings. The zero-order chi connectivity index (χ0) is 13.4. The first kappa shape index (κ1) is 12.6. The van der Waals surface area contributed by atoms with Gasteiger partial charge in [-0.3, -0.25) is 4.40 Å². The number of fused-ring (bicyclic) bond motifs is 1. The molecule has 3 aromatic rings. The van der Waals surface area contributed by atoms with Crippen LogP contribution in [-0.4, -0.2) is 19.5 Å². The molecule has 2 aromatic heterocycles. The van der Waals surface area contributed by atoms with Crippen molar-refractivity contribution in [3.8, 4) is 11.3 Å². The topological polar surface area (TPSA) is 50.4 Å². The molecule has 0 fully saturated rings. The van der Waals surface area contributed by atoms with E-state index in [1.165, 1.54) is 0 Å². The largest absolute Gasteiger partial charge is 0.390 e. The molecule has 0 aliphatic heterocycles. The lowest BCUT2D eigenvalue weighted by atomic mass is 10.1.